The maximum absolute atomic E-state index is 14.9. The van der Waals surface area contributed by atoms with Gasteiger partial charge >= 0.3 is 0 Å². The Labute approximate surface area is 292 Å². The zero-order valence-corrected chi connectivity index (χ0v) is 30.5. The average Bonchev–Trinajstić information content (AvgIpc) is 3.05. The molecule has 2 aromatic carbocycles. The minimum Gasteiger partial charge on any atom is -0.507 e. The van der Waals surface area contributed by atoms with Crippen LogP contribution in [-0.4, -0.2) is 101 Å². The Bertz CT molecular complexity index is 2000. The van der Waals surface area contributed by atoms with Gasteiger partial charge in [-0.3, -0.25) is 14.4 Å². The highest BCUT2D eigenvalue weighted by Gasteiger charge is 2.49. The number of ether oxygens (including phenoxy) is 2. The molecule has 8 atom stereocenters. The van der Waals surface area contributed by atoms with Gasteiger partial charge in [-0.15, -0.1) is 0 Å². The first-order chi connectivity index (χ1) is 23.4. The van der Waals surface area contributed by atoms with Crippen LogP contribution in [-0.2, 0) is 9.47 Å². The van der Waals surface area contributed by atoms with Gasteiger partial charge in [0.1, 0.15) is 11.5 Å². The van der Waals surface area contributed by atoms with E-state index >= 15 is 0 Å². The normalized spacial score (nSPS) is 30.3. The maximum Gasteiger partial charge on any atom is 0.202 e. The van der Waals surface area contributed by atoms with Crippen LogP contribution in [0.2, 0.25) is 0 Å². The van der Waals surface area contributed by atoms with Gasteiger partial charge in [0.15, 0.2) is 16.8 Å². The summed E-state index contributed by atoms with van der Waals surface area (Å²) in [5.74, 6) is -1.31. The number of carbonyl (C=O) groups is 2. The number of aliphatic hydroxyl groups is 2. The zero-order chi connectivity index (χ0) is 36.7. The van der Waals surface area contributed by atoms with E-state index in [2.05, 4.69) is 0 Å². The highest BCUT2D eigenvalue weighted by Crippen LogP contribution is 2.49. The molecule has 3 aliphatic rings. The molecule has 3 aromatic rings. The van der Waals surface area contributed by atoms with E-state index in [1.807, 2.05) is 44.9 Å². The number of hydrogen-bond donors (Lipinski definition) is 3. The van der Waals surface area contributed by atoms with Crippen molar-refractivity contribution >= 4 is 28.1 Å². The summed E-state index contributed by atoms with van der Waals surface area (Å²) in [5, 5.41) is 34.5. The van der Waals surface area contributed by atoms with Gasteiger partial charge in [-0.2, -0.15) is 0 Å². The number of benzene rings is 2. The molecule has 0 spiro atoms. The van der Waals surface area contributed by atoms with Crippen LogP contribution in [0.3, 0.4) is 0 Å². The molecule has 3 N–H and O–H groups in total. The third-order valence-electron chi connectivity index (χ3n) is 11.5. The average molecular weight is 689 g/mol. The van der Waals surface area contributed by atoms with E-state index in [-0.39, 0.29) is 62.4 Å². The molecule has 11 heteroatoms. The SMILES string of the molecule is C/C=C(/C)c1cc(=O)c2c(C)cc3c(c2o1)C(=O)c1c(O)c([C@H]2C[C@](C)(N(C)C)[C@H](O)[C@@H](C)O2)cc([C@H]2C[C@H](N(C)C)[C@H](O)[C@@H](C)O2)c1C3=O. The summed E-state index contributed by atoms with van der Waals surface area (Å²) < 4.78 is 19.0. The van der Waals surface area contributed by atoms with Crippen molar-refractivity contribution < 1.29 is 38.8 Å². The third kappa shape index (κ3) is 5.46. The van der Waals surface area contributed by atoms with Crippen LogP contribution in [0.5, 0.6) is 5.75 Å². The molecule has 6 rings (SSSR count). The second-order valence-corrected chi connectivity index (χ2v) is 14.9. The highest BCUT2D eigenvalue weighted by molar-refractivity contribution is 6.33. The minimum atomic E-state index is -0.847. The molecule has 3 heterocycles. The van der Waals surface area contributed by atoms with E-state index in [4.69, 9.17) is 13.9 Å². The Hall–Kier alpha value is -3.71. The van der Waals surface area contributed by atoms with Crippen LogP contribution in [0.15, 0.2) is 33.5 Å². The fourth-order valence-corrected chi connectivity index (χ4v) is 8.00. The van der Waals surface area contributed by atoms with Crippen molar-refractivity contribution in [1.29, 1.82) is 0 Å². The van der Waals surface area contributed by atoms with Crippen LogP contribution >= 0.6 is 0 Å². The Morgan fingerprint density at radius 3 is 2.20 bits per heavy atom. The van der Waals surface area contributed by atoms with Gasteiger partial charge in [0.25, 0.3) is 0 Å². The van der Waals surface area contributed by atoms with Gasteiger partial charge in [0.05, 0.1) is 53.1 Å². The quantitative estimate of drug-likeness (QED) is 0.268. The van der Waals surface area contributed by atoms with Gasteiger partial charge in [-0.25, -0.2) is 0 Å². The summed E-state index contributed by atoms with van der Waals surface area (Å²) >= 11 is 0. The van der Waals surface area contributed by atoms with E-state index in [1.54, 1.807) is 52.8 Å². The Morgan fingerprint density at radius 2 is 1.58 bits per heavy atom. The number of phenolic OH excluding ortho intramolecular Hbond substituents is 1. The van der Waals surface area contributed by atoms with Crippen molar-refractivity contribution in [2.45, 2.75) is 103 Å². The first-order valence-electron chi connectivity index (χ1n) is 17.2. The van der Waals surface area contributed by atoms with Gasteiger partial charge < -0.3 is 39.0 Å². The fraction of sp³-hybridized carbons (Fsp3) is 0.513. The lowest BCUT2D eigenvalue weighted by atomic mass is 9.74. The second-order valence-electron chi connectivity index (χ2n) is 14.9. The minimum absolute atomic E-state index is 0.0102. The number of likely N-dealkylation sites (N-methyl/N-ethyl adjacent to an activating group) is 2. The summed E-state index contributed by atoms with van der Waals surface area (Å²) in [6.45, 7) is 10.7. The Kier molecular flexibility index (Phi) is 9.24. The van der Waals surface area contributed by atoms with Crippen LogP contribution in [0.1, 0.15) is 114 Å². The largest absolute Gasteiger partial charge is 0.507 e. The number of aromatic hydroxyl groups is 1. The molecular formula is C39H48N2O9. The number of fused-ring (bicyclic) bond motifs is 4. The predicted molar refractivity (Wildman–Crippen MR) is 189 cm³/mol. The molecule has 50 heavy (non-hydrogen) atoms. The molecule has 0 unspecified atom stereocenters. The molecule has 268 valence electrons. The van der Waals surface area contributed by atoms with Crippen LogP contribution in [0, 0.1) is 6.92 Å². The second kappa shape index (κ2) is 12.8. The molecule has 11 nitrogen and oxygen atoms in total. The van der Waals surface area contributed by atoms with Crippen LogP contribution < -0.4 is 5.43 Å². The summed E-state index contributed by atoms with van der Waals surface area (Å²) in [6.07, 6.45) is -2.05. The number of ketones is 2. The maximum atomic E-state index is 14.9. The lowest BCUT2D eigenvalue weighted by Gasteiger charge is -2.49. The van der Waals surface area contributed by atoms with Gasteiger partial charge in [0.2, 0.25) is 5.78 Å². The van der Waals surface area contributed by atoms with Crippen LogP contribution in [0.4, 0.5) is 0 Å². The summed E-state index contributed by atoms with van der Waals surface area (Å²) in [6, 6.07) is 4.29. The predicted octanol–water partition coefficient (Wildman–Crippen LogP) is 4.68. The number of aryl methyl sites for hydroxylation is 1. The first kappa shape index (κ1) is 36.1. The molecule has 0 amide bonds. The van der Waals surface area contributed by atoms with Crippen molar-refractivity contribution in [3.63, 3.8) is 0 Å². The smallest absolute Gasteiger partial charge is 0.202 e. The number of phenols is 1. The molecule has 2 aliphatic heterocycles. The molecule has 2 saturated heterocycles. The molecule has 0 bridgehead atoms. The van der Waals surface area contributed by atoms with E-state index < -0.39 is 59.5 Å². The van der Waals surface area contributed by atoms with Crippen molar-refractivity contribution in [1.82, 2.24) is 9.80 Å². The topological polar surface area (TPSA) is 150 Å². The van der Waals surface area contributed by atoms with Crippen molar-refractivity contribution in [2.75, 3.05) is 28.2 Å². The molecule has 0 radical (unpaired) electrons. The van der Waals surface area contributed by atoms with E-state index in [9.17, 15) is 29.7 Å². The summed E-state index contributed by atoms with van der Waals surface area (Å²) in [5.41, 5.74) is 0.492. The lowest BCUT2D eigenvalue weighted by molar-refractivity contribution is -0.176. The Balaban J connectivity index is 1.65. The fourth-order valence-electron chi connectivity index (χ4n) is 8.00. The number of allylic oxidation sites excluding steroid dienone is 2. The standard InChI is InChI=1S/C39H48N2O9/c1-11-17(2)26-15-25(42)29-18(3)12-23-31(37(29)50-26)36(46)32-30(35(23)45)21(27-14-24(40(7)8)33(43)19(4)48-27)13-22(34(32)44)28-16-39(6,41(9)10)38(47)20(5)49-28/h11-13,15,19-20,24,27-28,33,38,43-44,47H,14,16H2,1-10H3/b17-11-/t19-,20-,24+,27-,28-,33-,38-,39+/m1/s1. The van der Waals surface area contributed by atoms with Crippen molar-refractivity contribution in [3.8, 4) is 5.75 Å². The lowest BCUT2D eigenvalue weighted by Crippen LogP contribution is -2.59. The van der Waals surface area contributed by atoms with Crippen molar-refractivity contribution in [2.24, 2.45) is 0 Å². The third-order valence-corrected chi connectivity index (χ3v) is 11.5. The number of nitrogens with zero attached hydrogens (tertiary/aromatic N) is 2. The monoisotopic (exact) mass is 688 g/mol. The highest BCUT2D eigenvalue weighted by atomic mass is 16.5. The number of aliphatic hydroxyl groups excluding tert-OH is 2. The first-order valence-corrected chi connectivity index (χ1v) is 17.2. The van der Waals surface area contributed by atoms with Gasteiger partial charge in [-0.05, 0) is 111 Å². The molecule has 1 aromatic heterocycles. The number of carbonyl (C=O) groups excluding carboxylic acids is 2. The molecular weight excluding hydrogens is 640 g/mol. The molecule has 1 aliphatic carbocycles. The summed E-state index contributed by atoms with van der Waals surface area (Å²) in [7, 11) is 7.46. The Morgan fingerprint density at radius 1 is 0.920 bits per heavy atom. The zero-order valence-electron chi connectivity index (χ0n) is 30.5. The molecule has 0 saturated carbocycles. The van der Waals surface area contributed by atoms with Crippen LogP contribution in [0.25, 0.3) is 16.5 Å². The number of rotatable bonds is 5. The van der Waals surface area contributed by atoms with Crippen molar-refractivity contribution in [3.05, 3.63) is 79.2 Å². The van der Waals surface area contributed by atoms with Gasteiger partial charge in [-0.1, -0.05) is 6.08 Å². The molecule has 2 fully saturated rings. The van der Waals surface area contributed by atoms with E-state index in [0.717, 1.165) is 0 Å². The van der Waals surface area contributed by atoms with E-state index in [1.165, 1.54) is 6.07 Å². The van der Waals surface area contributed by atoms with E-state index in [0.29, 0.717) is 23.1 Å². The number of hydrogen-bond acceptors (Lipinski definition) is 11. The summed E-state index contributed by atoms with van der Waals surface area (Å²) in [4.78, 5) is 47.0. The van der Waals surface area contributed by atoms with Gasteiger partial charge in [0, 0.05) is 34.3 Å².